The van der Waals surface area contributed by atoms with Crippen LogP contribution in [0.3, 0.4) is 0 Å². The zero-order valence-corrected chi connectivity index (χ0v) is 20.3. The van der Waals surface area contributed by atoms with Gasteiger partial charge in [0.05, 0.1) is 11.7 Å². The van der Waals surface area contributed by atoms with Crippen molar-refractivity contribution in [2.45, 2.75) is 19.0 Å². The molecular weight excluding hydrogens is 506 g/mol. The van der Waals surface area contributed by atoms with E-state index in [-0.39, 0.29) is 12.1 Å². The zero-order valence-electron chi connectivity index (χ0n) is 17.1. The van der Waals surface area contributed by atoms with Crippen molar-refractivity contribution in [1.82, 2.24) is 10.3 Å². The van der Waals surface area contributed by atoms with Crippen molar-refractivity contribution in [2.75, 3.05) is 4.90 Å². The van der Waals surface area contributed by atoms with Gasteiger partial charge in [0.15, 0.2) is 5.11 Å². The highest BCUT2D eigenvalue weighted by Crippen LogP contribution is 2.43. The third-order valence-corrected chi connectivity index (χ3v) is 6.91. The molecule has 0 saturated carbocycles. The quantitative estimate of drug-likeness (QED) is 0.285. The minimum atomic E-state index is -0.202. The van der Waals surface area contributed by atoms with E-state index in [0.29, 0.717) is 10.1 Å². The van der Waals surface area contributed by atoms with Crippen molar-refractivity contribution in [3.63, 3.8) is 0 Å². The molecule has 3 heterocycles. The Balaban J connectivity index is 1.61. The van der Waals surface area contributed by atoms with Crippen LogP contribution < -0.4 is 10.2 Å². The fourth-order valence-electron chi connectivity index (χ4n) is 4.05. The highest BCUT2D eigenvalue weighted by Gasteiger charge is 2.42. The minimum absolute atomic E-state index is 0.160. The van der Waals surface area contributed by atoms with Gasteiger partial charge < -0.3 is 14.6 Å². The van der Waals surface area contributed by atoms with E-state index >= 15 is 0 Å². The van der Waals surface area contributed by atoms with E-state index in [1.807, 2.05) is 79.7 Å². The first-order valence-corrected chi connectivity index (χ1v) is 11.7. The first kappa shape index (κ1) is 21.2. The molecule has 1 N–H and O–H groups in total. The number of hydrogen-bond donors (Lipinski definition) is 1. The molecule has 1 fully saturated rings. The molecule has 4 aromatic rings. The van der Waals surface area contributed by atoms with Crippen LogP contribution in [0.4, 0.5) is 5.69 Å². The van der Waals surface area contributed by atoms with Crippen molar-refractivity contribution in [1.29, 1.82) is 0 Å². The first-order valence-electron chi connectivity index (χ1n) is 10.1. The molecule has 4 nitrogen and oxygen atoms in total. The summed E-state index contributed by atoms with van der Waals surface area (Å²) in [5.74, 6) is 1.57. The van der Waals surface area contributed by atoms with E-state index in [4.69, 9.17) is 28.2 Å². The number of hydrogen-bond acceptors (Lipinski definition) is 3. The van der Waals surface area contributed by atoms with Gasteiger partial charge in [0.2, 0.25) is 0 Å². The first-order chi connectivity index (χ1) is 15.5. The number of thiocarbonyl (C=S) groups is 1. The Labute approximate surface area is 205 Å². The summed E-state index contributed by atoms with van der Waals surface area (Å²) in [4.78, 5) is 6.68. The van der Waals surface area contributed by atoms with Crippen molar-refractivity contribution in [2.24, 2.45) is 0 Å². The van der Waals surface area contributed by atoms with Gasteiger partial charge in [0, 0.05) is 26.9 Å². The summed E-state index contributed by atoms with van der Waals surface area (Å²) in [6.07, 6.45) is 1.79. The Kier molecular flexibility index (Phi) is 5.76. The molecule has 2 unspecified atom stereocenters. The second kappa shape index (κ2) is 8.70. The van der Waals surface area contributed by atoms with Gasteiger partial charge in [-0.25, -0.2) is 0 Å². The van der Waals surface area contributed by atoms with Crippen LogP contribution >= 0.6 is 39.7 Å². The van der Waals surface area contributed by atoms with Gasteiger partial charge in [0.1, 0.15) is 17.6 Å². The molecular formula is C25H19BrClN3OS. The predicted octanol–water partition coefficient (Wildman–Crippen LogP) is 7.24. The van der Waals surface area contributed by atoms with Crippen LogP contribution in [-0.4, -0.2) is 10.1 Å². The summed E-state index contributed by atoms with van der Waals surface area (Å²) >= 11 is 15.6. The summed E-state index contributed by atoms with van der Waals surface area (Å²) in [5.41, 5.74) is 3.84. The van der Waals surface area contributed by atoms with E-state index in [2.05, 4.69) is 31.1 Å². The molecule has 0 spiro atoms. The lowest BCUT2D eigenvalue weighted by Crippen LogP contribution is -2.29. The number of pyridine rings is 1. The van der Waals surface area contributed by atoms with Crippen LogP contribution in [0.2, 0.25) is 5.02 Å². The Morgan fingerprint density at radius 1 is 1.03 bits per heavy atom. The topological polar surface area (TPSA) is 41.3 Å². The maximum atomic E-state index is 6.43. The minimum Gasteiger partial charge on any atom is -0.459 e. The van der Waals surface area contributed by atoms with Crippen LogP contribution in [0.15, 0.2) is 87.9 Å². The van der Waals surface area contributed by atoms with E-state index in [9.17, 15) is 0 Å². The number of benzene rings is 2. The maximum Gasteiger partial charge on any atom is 0.174 e. The lowest BCUT2D eigenvalue weighted by molar-refractivity contribution is 0.439. The molecule has 2 atom stereocenters. The molecule has 2 aromatic heterocycles. The number of furan rings is 1. The highest BCUT2D eigenvalue weighted by atomic mass is 79.9. The number of aromatic nitrogens is 1. The number of halogens is 2. The molecule has 1 aliphatic rings. The van der Waals surface area contributed by atoms with Crippen LogP contribution in [0.25, 0.3) is 11.3 Å². The van der Waals surface area contributed by atoms with Crippen LogP contribution in [-0.2, 0) is 0 Å². The summed E-state index contributed by atoms with van der Waals surface area (Å²) in [6, 6.07) is 23.5. The summed E-state index contributed by atoms with van der Waals surface area (Å²) in [6.45, 7) is 2.00. The lowest BCUT2D eigenvalue weighted by atomic mass is 10.0. The third-order valence-electron chi connectivity index (χ3n) is 5.65. The van der Waals surface area contributed by atoms with Crippen LogP contribution in [0.5, 0.6) is 0 Å². The second-order valence-corrected chi connectivity index (χ2v) is 9.30. The molecule has 160 valence electrons. The highest BCUT2D eigenvalue weighted by molar-refractivity contribution is 9.10. The lowest BCUT2D eigenvalue weighted by Gasteiger charge is -2.26. The largest absolute Gasteiger partial charge is 0.459 e. The Hall–Kier alpha value is -2.67. The smallest absolute Gasteiger partial charge is 0.174 e. The van der Waals surface area contributed by atoms with Gasteiger partial charge in [-0.15, -0.1) is 0 Å². The molecule has 0 bridgehead atoms. The molecule has 7 heteroatoms. The molecule has 0 amide bonds. The summed E-state index contributed by atoms with van der Waals surface area (Å²) in [5, 5.41) is 4.80. The van der Waals surface area contributed by atoms with E-state index in [0.717, 1.165) is 38.5 Å². The number of nitrogens with one attached hydrogen (secondary N) is 1. The van der Waals surface area contributed by atoms with Gasteiger partial charge in [-0.05, 0) is 79.3 Å². The van der Waals surface area contributed by atoms with Gasteiger partial charge in [0.25, 0.3) is 0 Å². The SMILES string of the molecule is Cc1c(Cl)cccc1-c1ccc(C2C(c3ccccn3)NC(=S)N2c2ccc(Br)cc2)o1. The molecule has 2 aromatic carbocycles. The van der Waals surface area contributed by atoms with Crippen molar-refractivity contribution in [3.05, 3.63) is 106 Å². The van der Waals surface area contributed by atoms with E-state index in [1.54, 1.807) is 6.20 Å². The maximum absolute atomic E-state index is 6.43. The fraction of sp³-hybridized carbons (Fsp3) is 0.120. The number of rotatable bonds is 4. The second-order valence-electron chi connectivity index (χ2n) is 7.59. The Bertz CT molecular complexity index is 1280. The standard InChI is InChI=1S/C25H19BrClN3OS/c1-15-18(5-4-6-19(15)27)21-12-13-22(31-21)24-23(20-7-2-3-14-28-20)29-25(32)30(24)17-10-8-16(26)9-11-17/h2-14,23-24H,1H3,(H,29,32). The Morgan fingerprint density at radius 3 is 2.59 bits per heavy atom. The zero-order chi connectivity index (χ0) is 22.2. The van der Waals surface area contributed by atoms with Crippen molar-refractivity contribution < 1.29 is 4.42 Å². The summed E-state index contributed by atoms with van der Waals surface area (Å²) < 4.78 is 7.44. The Morgan fingerprint density at radius 2 is 1.84 bits per heavy atom. The summed E-state index contributed by atoms with van der Waals surface area (Å²) in [7, 11) is 0. The average Bonchev–Trinajstić information content (AvgIpc) is 3.41. The van der Waals surface area contributed by atoms with Gasteiger partial charge in [-0.3, -0.25) is 4.98 Å². The average molecular weight is 525 g/mol. The van der Waals surface area contributed by atoms with Crippen molar-refractivity contribution in [3.8, 4) is 11.3 Å². The molecule has 32 heavy (non-hydrogen) atoms. The molecule has 1 aliphatic heterocycles. The van der Waals surface area contributed by atoms with Crippen LogP contribution in [0.1, 0.15) is 29.1 Å². The molecule has 0 aliphatic carbocycles. The third kappa shape index (κ3) is 3.83. The van der Waals surface area contributed by atoms with E-state index < -0.39 is 0 Å². The van der Waals surface area contributed by atoms with Gasteiger partial charge >= 0.3 is 0 Å². The van der Waals surface area contributed by atoms with Crippen molar-refractivity contribution >= 4 is 50.5 Å². The monoisotopic (exact) mass is 523 g/mol. The molecule has 1 saturated heterocycles. The van der Waals surface area contributed by atoms with Crippen LogP contribution in [0, 0.1) is 6.92 Å². The van der Waals surface area contributed by atoms with Gasteiger partial charge in [-0.2, -0.15) is 0 Å². The molecule has 0 radical (unpaired) electrons. The fourth-order valence-corrected chi connectivity index (χ4v) is 4.84. The number of nitrogens with zero attached hydrogens (tertiary/aromatic N) is 2. The molecule has 5 rings (SSSR count). The predicted molar refractivity (Wildman–Crippen MR) is 136 cm³/mol. The number of anilines is 1. The van der Waals surface area contributed by atoms with E-state index in [1.165, 1.54) is 0 Å². The van der Waals surface area contributed by atoms with Gasteiger partial charge in [-0.1, -0.05) is 45.7 Å². The normalized spacial score (nSPS) is 18.1.